The van der Waals surface area contributed by atoms with E-state index in [1.807, 2.05) is 12.1 Å². The summed E-state index contributed by atoms with van der Waals surface area (Å²) in [7, 11) is 1.54. The van der Waals surface area contributed by atoms with Crippen molar-refractivity contribution in [3.05, 3.63) is 82.6 Å². The number of nitrogens with one attached hydrogen (secondary N) is 1. The number of halogens is 1. The molecule has 0 bridgehead atoms. The third kappa shape index (κ3) is 6.98. The number of carbonyl (C=O) groups is 1. The lowest BCUT2D eigenvalue weighted by Gasteiger charge is -2.22. The molecule has 1 saturated carbocycles. The number of carbonyl (C=O) groups excluding carboxylic acids is 1. The van der Waals surface area contributed by atoms with E-state index in [9.17, 15) is 4.79 Å². The summed E-state index contributed by atoms with van der Waals surface area (Å²) in [6, 6.07) is 15.0. The fourth-order valence-electron chi connectivity index (χ4n) is 4.26. The zero-order valence-corrected chi connectivity index (χ0v) is 21.0. The van der Waals surface area contributed by atoms with Crippen LogP contribution in [0.15, 0.2) is 66.0 Å². The van der Waals surface area contributed by atoms with E-state index in [-0.39, 0.29) is 5.91 Å². The third-order valence-electron chi connectivity index (χ3n) is 6.13. The van der Waals surface area contributed by atoms with E-state index in [0.717, 1.165) is 5.75 Å². The molecule has 2 aromatic carbocycles. The minimum atomic E-state index is -0.338. The van der Waals surface area contributed by atoms with Gasteiger partial charge in [-0.25, -0.2) is 5.43 Å². The molecule has 1 aromatic heterocycles. The number of hydrogen-bond acceptors (Lipinski definition) is 6. The van der Waals surface area contributed by atoms with Crippen LogP contribution in [0, 0.1) is 0 Å². The number of amides is 1. The minimum Gasteiger partial charge on any atom is -0.493 e. The molecule has 0 unspecified atom stereocenters. The summed E-state index contributed by atoms with van der Waals surface area (Å²) in [6.07, 6.45) is 11.1. The van der Waals surface area contributed by atoms with Gasteiger partial charge in [-0.15, -0.1) is 0 Å². The Morgan fingerprint density at radius 3 is 2.50 bits per heavy atom. The van der Waals surface area contributed by atoms with E-state index in [1.54, 1.807) is 36.7 Å². The van der Waals surface area contributed by atoms with Crippen LogP contribution in [0.3, 0.4) is 0 Å². The number of pyridine rings is 1. The predicted molar refractivity (Wildman–Crippen MR) is 141 cm³/mol. The van der Waals surface area contributed by atoms with Gasteiger partial charge in [0.2, 0.25) is 0 Å². The largest absolute Gasteiger partial charge is 0.493 e. The molecule has 1 N–H and O–H groups in total. The molecule has 1 aliphatic carbocycles. The molecule has 4 rings (SSSR count). The number of nitrogens with zero attached hydrogens (tertiary/aromatic N) is 2. The van der Waals surface area contributed by atoms with Gasteiger partial charge in [-0.1, -0.05) is 43.0 Å². The van der Waals surface area contributed by atoms with Crippen LogP contribution >= 0.6 is 11.6 Å². The standard InChI is InChI=1S/C28H30ClN3O4/c1-34-26-18-20(19-31-32-28(33)23-11-13-30-14-12-23)17-25(29)27(26)36-16-15-35-24-9-7-22(8-10-24)21-5-3-2-4-6-21/h7-14,17-19,21H,2-6,15-16H2,1H3,(H,32,33)/b31-19-. The molecule has 1 aliphatic rings. The first-order valence-electron chi connectivity index (χ1n) is 12.1. The van der Waals surface area contributed by atoms with E-state index in [2.05, 4.69) is 27.6 Å². The number of hydrazone groups is 1. The van der Waals surface area contributed by atoms with E-state index < -0.39 is 0 Å². The summed E-state index contributed by atoms with van der Waals surface area (Å²) in [5.41, 5.74) is 4.98. The molecule has 1 heterocycles. The molecule has 36 heavy (non-hydrogen) atoms. The molecule has 1 amide bonds. The highest BCUT2D eigenvalue weighted by Crippen LogP contribution is 2.36. The Kier molecular flexibility index (Phi) is 9.16. The molecule has 188 valence electrons. The van der Waals surface area contributed by atoms with Gasteiger partial charge in [0, 0.05) is 18.0 Å². The molecular weight excluding hydrogens is 478 g/mol. The molecule has 0 aliphatic heterocycles. The predicted octanol–water partition coefficient (Wildman–Crippen LogP) is 6.01. The van der Waals surface area contributed by atoms with Crippen molar-refractivity contribution in [1.29, 1.82) is 0 Å². The average Bonchev–Trinajstić information content (AvgIpc) is 2.93. The molecular formula is C28H30ClN3O4. The van der Waals surface area contributed by atoms with Gasteiger partial charge in [-0.05, 0) is 66.3 Å². The lowest BCUT2D eigenvalue weighted by atomic mass is 9.84. The van der Waals surface area contributed by atoms with Gasteiger partial charge in [-0.2, -0.15) is 5.10 Å². The van der Waals surface area contributed by atoms with Crippen molar-refractivity contribution in [3.63, 3.8) is 0 Å². The van der Waals surface area contributed by atoms with Gasteiger partial charge in [0.25, 0.3) is 5.91 Å². The average molecular weight is 508 g/mol. The number of aromatic nitrogens is 1. The lowest BCUT2D eigenvalue weighted by molar-refractivity contribution is 0.0955. The first-order chi connectivity index (χ1) is 17.6. The minimum absolute atomic E-state index is 0.301. The molecule has 0 radical (unpaired) electrons. The molecule has 1 fully saturated rings. The number of methoxy groups -OCH3 is 1. The Hall–Kier alpha value is -3.58. The Morgan fingerprint density at radius 1 is 1.06 bits per heavy atom. The van der Waals surface area contributed by atoms with Gasteiger partial charge < -0.3 is 14.2 Å². The maximum absolute atomic E-state index is 12.1. The van der Waals surface area contributed by atoms with Crippen LogP contribution in [0.2, 0.25) is 5.02 Å². The van der Waals surface area contributed by atoms with Crippen molar-refractivity contribution in [2.45, 2.75) is 38.0 Å². The van der Waals surface area contributed by atoms with Crippen LogP contribution in [0.25, 0.3) is 0 Å². The summed E-state index contributed by atoms with van der Waals surface area (Å²) in [5.74, 6) is 2.04. The molecule has 7 nitrogen and oxygen atoms in total. The Morgan fingerprint density at radius 2 is 1.78 bits per heavy atom. The highest BCUT2D eigenvalue weighted by Gasteiger charge is 2.15. The van der Waals surface area contributed by atoms with Crippen LogP contribution in [0.5, 0.6) is 17.2 Å². The molecule has 0 saturated heterocycles. The van der Waals surface area contributed by atoms with Crippen LogP contribution in [0.4, 0.5) is 0 Å². The second kappa shape index (κ2) is 12.9. The summed E-state index contributed by atoms with van der Waals surface area (Å²) in [5, 5.41) is 4.36. The highest BCUT2D eigenvalue weighted by atomic mass is 35.5. The Bertz CT molecular complexity index is 1160. The highest BCUT2D eigenvalue weighted by molar-refractivity contribution is 6.32. The number of benzene rings is 2. The van der Waals surface area contributed by atoms with Crippen molar-refractivity contribution in [1.82, 2.24) is 10.4 Å². The van der Waals surface area contributed by atoms with E-state index in [1.165, 1.54) is 51.0 Å². The first-order valence-corrected chi connectivity index (χ1v) is 12.5. The van der Waals surface area contributed by atoms with Gasteiger partial charge in [-0.3, -0.25) is 9.78 Å². The number of rotatable bonds is 10. The van der Waals surface area contributed by atoms with E-state index >= 15 is 0 Å². The summed E-state index contributed by atoms with van der Waals surface area (Å²) in [6.45, 7) is 0.669. The van der Waals surface area contributed by atoms with Gasteiger partial charge in [0.15, 0.2) is 11.5 Å². The van der Waals surface area contributed by atoms with Crippen molar-refractivity contribution >= 4 is 23.7 Å². The van der Waals surface area contributed by atoms with Crippen molar-refractivity contribution in [3.8, 4) is 17.2 Å². The molecule has 3 aromatic rings. The summed E-state index contributed by atoms with van der Waals surface area (Å²) >= 11 is 6.44. The van der Waals surface area contributed by atoms with Crippen LogP contribution in [-0.2, 0) is 0 Å². The van der Waals surface area contributed by atoms with Crippen molar-refractivity contribution in [2.75, 3.05) is 20.3 Å². The maximum atomic E-state index is 12.1. The second-order valence-electron chi connectivity index (χ2n) is 8.57. The summed E-state index contributed by atoms with van der Waals surface area (Å²) < 4.78 is 17.1. The van der Waals surface area contributed by atoms with Gasteiger partial charge in [0.05, 0.1) is 18.3 Å². The Balaban J connectivity index is 1.28. The van der Waals surface area contributed by atoms with Crippen LogP contribution in [-0.4, -0.2) is 37.4 Å². The van der Waals surface area contributed by atoms with E-state index in [0.29, 0.717) is 46.8 Å². The number of hydrogen-bond donors (Lipinski definition) is 1. The van der Waals surface area contributed by atoms with Gasteiger partial charge in [0.1, 0.15) is 19.0 Å². The summed E-state index contributed by atoms with van der Waals surface area (Å²) in [4.78, 5) is 16.0. The van der Waals surface area contributed by atoms with Crippen LogP contribution in [0.1, 0.15) is 59.5 Å². The molecule has 8 heteroatoms. The smallest absolute Gasteiger partial charge is 0.271 e. The first kappa shape index (κ1) is 25.5. The van der Waals surface area contributed by atoms with Crippen LogP contribution < -0.4 is 19.6 Å². The third-order valence-corrected chi connectivity index (χ3v) is 6.41. The number of ether oxygens (including phenoxy) is 3. The zero-order valence-electron chi connectivity index (χ0n) is 20.3. The lowest BCUT2D eigenvalue weighted by Crippen LogP contribution is -2.17. The van der Waals surface area contributed by atoms with Gasteiger partial charge >= 0.3 is 0 Å². The molecule has 0 atom stereocenters. The SMILES string of the molecule is COc1cc(/C=N\NC(=O)c2ccncc2)cc(Cl)c1OCCOc1ccc(C2CCCCC2)cc1. The van der Waals surface area contributed by atoms with Crippen molar-refractivity contribution < 1.29 is 19.0 Å². The maximum Gasteiger partial charge on any atom is 0.271 e. The quantitative estimate of drug-likeness (QED) is 0.206. The second-order valence-corrected chi connectivity index (χ2v) is 8.98. The normalized spacial score (nSPS) is 13.9. The van der Waals surface area contributed by atoms with Crippen molar-refractivity contribution in [2.24, 2.45) is 5.10 Å². The fraction of sp³-hybridized carbons (Fsp3) is 0.321. The van der Waals surface area contributed by atoms with E-state index in [4.69, 9.17) is 25.8 Å². The monoisotopic (exact) mass is 507 g/mol. The topological polar surface area (TPSA) is 82.0 Å². The fourth-order valence-corrected chi connectivity index (χ4v) is 4.54. The Labute approximate surface area is 216 Å². The zero-order chi connectivity index (χ0) is 25.2. The molecule has 0 spiro atoms.